The van der Waals surface area contributed by atoms with Crippen LogP contribution in [0.2, 0.25) is 5.04 Å². The molecule has 1 unspecified atom stereocenters. The van der Waals surface area contributed by atoms with Gasteiger partial charge in [-0.2, -0.15) is 0 Å². The fourth-order valence-corrected chi connectivity index (χ4v) is 8.11. The van der Waals surface area contributed by atoms with Gasteiger partial charge < -0.3 is 14.3 Å². The summed E-state index contributed by atoms with van der Waals surface area (Å²) < 4.78 is 11.5. The molecule has 1 N–H and O–H groups in total. The molecule has 2 rings (SSSR count). The molecule has 0 aromatic heterocycles. The van der Waals surface area contributed by atoms with Crippen LogP contribution in [0.4, 0.5) is 0 Å². The maximum absolute atomic E-state index is 11.7. The van der Waals surface area contributed by atoms with Crippen molar-refractivity contribution in [3.05, 3.63) is 84.7 Å². The maximum atomic E-state index is 11.7. The van der Waals surface area contributed by atoms with Gasteiger partial charge in [-0.25, -0.2) is 4.79 Å². The normalized spacial score (nSPS) is 14.0. The second kappa shape index (κ2) is 9.72. The fraction of sp³-hybridized carbons (Fsp3) is 0.292. The molecule has 0 saturated carbocycles. The Labute approximate surface area is 174 Å². The standard InChI is InChI=1S/C24H30O4Si/c1-6-13-22(21(25)18-23(26)27-5)28-29(24(2,3)4,19-14-9-7-10-15-19)20-16-11-8-12-17-20/h6-18,22,25H,1-5H3/b13-6+,21-18-. The zero-order valence-corrected chi connectivity index (χ0v) is 18.8. The predicted octanol–water partition coefficient (Wildman–Crippen LogP) is 4.12. The van der Waals surface area contributed by atoms with E-state index in [-0.39, 0.29) is 10.8 Å². The molecule has 4 nitrogen and oxygen atoms in total. The number of hydrogen-bond acceptors (Lipinski definition) is 4. The molecule has 2 aromatic carbocycles. The highest BCUT2D eigenvalue weighted by Crippen LogP contribution is 2.38. The largest absolute Gasteiger partial charge is 0.509 e. The molecule has 0 aliphatic heterocycles. The first-order valence-electron chi connectivity index (χ1n) is 9.66. The Balaban J connectivity index is 2.72. The highest BCUT2D eigenvalue weighted by atomic mass is 28.4. The van der Waals surface area contributed by atoms with Crippen molar-refractivity contribution >= 4 is 24.7 Å². The van der Waals surface area contributed by atoms with Crippen molar-refractivity contribution in [3.63, 3.8) is 0 Å². The SMILES string of the molecule is C/C=C/C(O[Si](c1ccccc1)(c1ccccc1)C(C)(C)C)/C(O)=C/C(=O)OC. The molecule has 0 aliphatic rings. The summed E-state index contributed by atoms with van der Waals surface area (Å²) in [5.41, 5.74) is 0. The first-order valence-corrected chi connectivity index (χ1v) is 11.6. The minimum absolute atomic E-state index is 0.178. The zero-order chi connectivity index (χ0) is 21.5. The second-order valence-electron chi connectivity index (χ2n) is 7.82. The van der Waals surface area contributed by atoms with E-state index in [4.69, 9.17) is 4.43 Å². The van der Waals surface area contributed by atoms with Gasteiger partial charge in [-0.05, 0) is 22.3 Å². The number of benzene rings is 2. The number of rotatable bonds is 7. The minimum atomic E-state index is -2.88. The number of aliphatic hydroxyl groups excluding tert-OH is 1. The van der Waals surface area contributed by atoms with E-state index in [1.165, 1.54) is 7.11 Å². The van der Waals surface area contributed by atoms with Crippen LogP contribution in [0.25, 0.3) is 0 Å². The highest BCUT2D eigenvalue weighted by molar-refractivity contribution is 6.99. The minimum Gasteiger partial charge on any atom is -0.509 e. The third kappa shape index (κ3) is 5.05. The van der Waals surface area contributed by atoms with Crippen molar-refractivity contribution in [2.24, 2.45) is 0 Å². The molecule has 0 amide bonds. The van der Waals surface area contributed by atoms with Crippen molar-refractivity contribution < 1.29 is 19.1 Å². The topological polar surface area (TPSA) is 55.8 Å². The van der Waals surface area contributed by atoms with E-state index >= 15 is 0 Å². The number of aliphatic hydroxyl groups is 1. The van der Waals surface area contributed by atoms with Gasteiger partial charge in [0.05, 0.1) is 13.2 Å². The molecule has 29 heavy (non-hydrogen) atoms. The van der Waals surface area contributed by atoms with E-state index in [1.807, 2.05) is 49.4 Å². The lowest BCUT2D eigenvalue weighted by Crippen LogP contribution is -2.67. The molecule has 0 heterocycles. The van der Waals surface area contributed by atoms with Gasteiger partial charge >= 0.3 is 5.97 Å². The van der Waals surface area contributed by atoms with Crippen molar-refractivity contribution in [1.82, 2.24) is 0 Å². The molecule has 2 aromatic rings. The Bertz CT molecular complexity index is 812. The number of ether oxygens (including phenoxy) is 1. The summed E-state index contributed by atoms with van der Waals surface area (Å²) in [7, 11) is -1.60. The number of allylic oxidation sites excluding steroid dienone is 1. The Hall–Kier alpha value is -2.63. The number of methoxy groups -OCH3 is 1. The van der Waals surface area contributed by atoms with Crippen LogP contribution in [0.3, 0.4) is 0 Å². The van der Waals surface area contributed by atoms with Crippen LogP contribution < -0.4 is 10.4 Å². The lowest BCUT2D eigenvalue weighted by Gasteiger charge is -2.44. The smallest absolute Gasteiger partial charge is 0.333 e. The molecule has 0 saturated heterocycles. The van der Waals surface area contributed by atoms with Gasteiger partial charge in [-0.3, -0.25) is 0 Å². The van der Waals surface area contributed by atoms with Crippen molar-refractivity contribution in [1.29, 1.82) is 0 Å². The maximum Gasteiger partial charge on any atom is 0.333 e. The van der Waals surface area contributed by atoms with Crippen molar-refractivity contribution in [2.45, 2.75) is 38.8 Å². The van der Waals surface area contributed by atoms with Crippen LogP contribution >= 0.6 is 0 Å². The Morgan fingerprint density at radius 3 is 1.86 bits per heavy atom. The molecule has 154 valence electrons. The van der Waals surface area contributed by atoms with Crippen molar-refractivity contribution in [2.75, 3.05) is 7.11 Å². The molecule has 1 atom stereocenters. The fourth-order valence-electron chi connectivity index (χ4n) is 3.52. The molecule has 0 spiro atoms. The Morgan fingerprint density at radius 1 is 1.00 bits per heavy atom. The lowest BCUT2D eigenvalue weighted by atomic mass is 10.2. The van der Waals surface area contributed by atoms with E-state index in [0.29, 0.717) is 0 Å². The summed E-state index contributed by atoms with van der Waals surface area (Å²) in [6.45, 7) is 8.33. The van der Waals surface area contributed by atoms with Crippen LogP contribution in [-0.2, 0) is 14.0 Å². The van der Waals surface area contributed by atoms with Crippen LogP contribution in [0.1, 0.15) is 27.7 Å². The third-order valence-electron chi connectivity index (χ3n) is 4.85. The van der Waals surface area contributed by atoms with Crippen LogP contribution in [0.15, 0.2) is 84.7 Å². The van der Waals surface area contributed by atoms with Gasteiger partial charge in [0.1, 0.15) is 11.9 Å². The lowest BCUT2D eigenvalue weighted by molar-refractivity contribution is -0.135. The first-order chi connectivity index (χ1) is 13.8. The van der Waals surface area contributed by atoms with E-state index in [9.17, 15) is 9.90 Å². The number of esters is 1. The highest BCUT2D eigenvalue weighted by Gasteiger charge is 2.51. The summed E-state index contributed by atoms with van der Waals surface area (Å²) in [6.07, 6.45) is 3.87. The zero-order valence-electron chi connectivity index (χ0n) is 17.8. The summed E-state index contributed by atoms with van der Waals surface area (Å²) >= 11 is 0. The summed E-state index contributed by atoms with van der Waals surface area (Å²) in [5, 5.41) is 12.6. The van der Waals surface area contributed by atoms with Gasteiger partial charge in [0.15, 0.2) is 0 Å². The number of hydrogen-bond donors (Lipinski definition) is 1. The molecule has 0 aliphatic carbocycles. The van der Waals surface area contributed by atoms with E-state index in [1.54, 1.807) is 6.08 Å². The third-order valence-corrected chi connectivity index (χ3v) is 9.86. The number of carbonyl (C=O) groups is 1. The van der Waals surface area contributed by atoms with Gasteiger partial charge in [0.25, 0.3) is 8.32 Å². The van der Waals surface area contributed by atoms with Crippen molar-refractivity contribution in [3.8, 4) is 0 Å². The quantitative estimate of drug-likeness (QED) is 0.245. The van der Waals surface area contributed by atoms with E-state index in [2.05, 4.69) is 49.8 Å². The Kier molecular flexibility index (Phi) is 7.59. The number of carbonyl (C=O) groups excluding carboxylic acids is 1. The molecule has 0 bridgehead atoms. The molecule has 0 radical (unpaired) electrons. The average molecular weight is 411 g/mol. The van der Waals surface area contributed by atoms with Crippen LogP contribution in [-0.4, -0.2) is 32.6 Å². The van der Waals surface area contributed by atoms with E-state index in [0.717, 1.165) is 16.4 Å². The monoisotopic (exact) mass is 410 g/mol. The molecule has 0 fully saturated rings. The summed E-state index contributed by atoms with van der Waals surface area (Å²) in [6, 6.07) is 20.3. The average Bonchev–Trinajstić information content (AvgIpc) is 2.71. The van der Waals surface area contributed by atoms with Gasteiger partial charge in [-0.1, -0.05) is 93.6 Å². The Morgan fingerprint density at radius 2 is 1.48 bits per heavy atom. The first kappa shape index (κ1) is 22.7. The molecular formula is C24H30O4Si. The van der Waals surface area contributed by atoms with E-state index < -0.39 is 20.4 Å². The second-order valence-corrected chi connectivity index (χ2v) is 12.1. The van der Waals surface area contributed by atoms with Gasteiger partial charge in [0, 0.05) is 0 Å². The van der Waals surface area contributed by atoms with Crippen LogP contribution in [0.5, 0.6) is 0 Å². The molecule has 5 heteroatoms. The van der Waals surface area contributed by atoms with Crippen LogP contribution in [0, 0.1) is 0 Å². The summed E-state index contributed by atoms with van der Waals surface area (Å²) in [5.74, 6) is -0.800. The molecular weight excluding hydrogens is 380 g/mol. The summed E-state index contributed by atoms with van der Waals surface area (Å²) in [4.78, 5) is 11.7. The van der Waals surface area contributed by atoms with Gasteiger partial charge in [-0.15, -0.1) is 0 Å². The predicted molar refractivity (Wildman–Crippen MR) is 120 cm³/mol. The van der Waals surface area contributed by atoms with Gasteiger partial charge in [0.2, 0.25) is 0 Å².